The van der Waals surface area contributed by atoms with Crippen LogP contribution in [0.25, 0.3) is 0 Å². The van der Waals surface area contributed by atoms with Crippen LogP contribution in [0, 0.1) is 0 Å². The van der Waals surface area contributed by atoms with E-state index in [-0.39, 0.29) is 17.0 Å². The third-order valence-electron chi connectivity index (χ3n) is 2.25. The number of hydrogen-bond donors (Lipinski definition) is 1. The highest BCUT2D eigenvalue weighted by molar-refractivity contribution is 4.73. The molecule has 88 valence electrons. The van der Waals surface area contributed by atoms with Gasteiger partial charge in [-0.15, -0.1) is 0 Å². The quantitative estimate of drug-likeness (QED) is 0.590. The van der Waals surface area contributed by atoms with Crippen molar-refractivity contribution in [2.24, 2.45) is 0 Å². The minimum atomic E-state index is 0. The number of quaternary nitrogens is 1. The van der Waals surface area contributed by atoms with Crippen LogP contribution < -0.4 is 21.9 Å². The van der Waals surface area contributed by atoms with Crippen molar-refractivity contribution in [2.45, 2.75) is 78.9 Å². The maximum absolute atomic E-state index is 2.32. The number of halogens is 1. The van der Waals surface area contributed by atoms with E-state index in [9.17, 15) is 0 Å². The molecule has 0 aliphatic heterocycles. The lowest BCUT2D eigenvalue weighted by molar-refractivity contribution is -1.03. The minimum absolute atomic E-state index is 0. The lowest BCUT2D eigenvalue weighted by atomic mass is 9.88. The van der Waals surface area contributed by atoms with Crippen LogP contribution in [0.3, 0.4) is 0 Å². The van der Waals surface area contributed by atoms with E-state index >= 15 is 0 Å². The van der Waals surface area contributed by atoms with Gasteiger partial charge in [-0.1, -0.05) is 0 Å². The normalized spacial score (nSPS) is 14.1. The summed E-state index contributed by atoms with van der Waals surface area (Å²) in [7, 11) is 0. The summed E-state index contributed by atoms with van der Waals surface area (Å²) < 4.78 is 0. The Morgan fingerprint density at radius 1 is 0.500 bits per heavy atom. The molecule has 0 unspecified atom stereocenters. The summed E-state index contributed by atoms with van der Waals surface area (Å²) in [6, 6.07) is 0. The Balaban J connectivity index is 0. The van der Waals surface area contributed by atoms with Crippen molar-refractivity contribution in [3.8, 4) is 0 Å². The molecule has 0 saturated carbocycles. The maximum Gasteiger partial charge on any atom is 0.0899 e. The third kappa shape index (κ3) is 4.79. The van der Waals surface area contributed by atoms with E-state index in [0.29, 0.717) is 16.6 Å². The van der Waals surface area contributed by atoms with Crippen LogP contribution in [0.1, 0.15) is 62.3 Å². The zero-order valence-corrected chi connectivity index (χ0v) is 13.0. The third-order valence-corrected chi connectivity index (χ3v) is 2.25. The first-order chi connectivity index (χ1) is 5.37. The van der Waals surface area contributed by atoms with Crippen LogP contribution in [0.5, 0.6) is 0 Å². The highest BCUT2D eigenvalue weighted by atomic mass is 79.9. The molecule has 0 rings (SSSR count). The Labute approximate surface area is 101 Å². The van der Waals surface area contributed by atoms with Crippen molar-refractivity contribution in [2.75, 3.05) is 0 Å². The molecule has 0 radical (unpaired) electrons. The van der Waals surface area contributed by atoms with Crippen LogP contribution >= 0.6 is 0 Å². The second kappa shape index (κ2) is 4.52. The summed E-state index contributed by atoms with van der Waals surface area (Å²) in [5.41, 5.74) is 0.906. The van der Waals surface area contributed by atoms with Crippen LogP contribution in [0.2, 0.25) is 0 Å². The van der Waals surface area contributed by atoms with E-state index < -0.39 is 0 Å². The van der Waals surface area contributed by atoms with Gasteiger partial charge < -0.3 is 21.9 Å². The lowest BCUT2D eigenvalue weighted by Gasteiger charge is -2.49. The van der Waals surface area contributed by atoms with Gasteiger partial charge in [0.15, 0.2) is 0 Å². The molecule has 0 aliphatic rings. The molecule has 14 heavy (non-hydrogen) atoms. The van der Waals surface area contributed by atoms with Crippen LogP contribution in [0.15, 0.2) is 0 Å². The molecule has 0 aliphatic carbocycles. The zero-order chi connectivity index (χ0) is 11.1. The Hall–Kier alpha value is 0.440. The van der Waals surface area contributed by atoms with E-state index in [1.165, 1.54) is 0 Å². The standard InChI is InChI=1S/C12H27N.BrH/c1-10(2,3)13(11(4,5)6)12(7,8)9;/h1-9H3;1H. The number of hydrogen-bond acceptors (Lipinski definition) is 0. The van der Waals surface area contributed by atoms with Crippen molar-refractivity contribution in [3.05, 3.63) is 0 Å². The maximum atomic E-state index is 2.32. The Bertz CT molecular complexity index is 133. The first-order valence-corrected chi connectivity index (χ1v) is 5.25. The van der Waals surface area contributed by atoms with Gasteiger partial charge in [0, 0.05) is 0 Å². The zero-order valence-electron chi connectivity index (χ0n) is 11.4. The van der Waals surface area contributed by atoms with Crippen molar-refractivity contribution in [1.82, 2.24) is 0 Å². The smallest absolute Gasteiger partial charge is 0.0899 e. The predicted octanol–water partition coefficient (Wildman–Crippen LogP) is -0.729. The van der Waals surface area contributed by atoms with Gasteiger partial charge >= 0.3 is 0 Å². The second-order valence-corrected chi connectivity index (χ2v) is 7.12. The monoisotopic (exact) mass is 265 g/mol. The Morgan fingerprint density at radius 3 is 0.643 bits per heavy atom. The summed E-state index contributed by atoms with van der Waals surface area (Å²) in [6.45, 7) is 20.9. The molecule has 0 amide bonds. The van der Waals surface area contributed by atoms with Crippen molar-refractivity contribution < 1.29 is 21.9 Å². The fourth-order valence-electron chi connectivity index (χ4n) is 3.38. The fraction of sp³-hybridized carbons (Fsp3) is 1.00. The highest BCUT2D eigenvalue weighted by Crippen LogP contribution is 2.09. The minimum Gasteiger partial charge on any atom is -1.00 e. The van der Waals surface area contributed by atoms with E-state index in [2.05, 4.69) is 62.3 Å². The Kier molecular flexibility index (Phi) is 5.45. The van der Waals surface area contributed by atoms with Crippen molar-refractivity contribution in [3.63, 3.8) is 0 Å². The van der Waals surface area contributed by atoms with Gasteiger partial charge in [-0.3, -0.25) is 0 Å². The summed E-state index contributed by atoms with van der Waals surface area (Å²) in [5.74, 6) is 0. The second-order valence-electron chi connectivity index (χ2n) is 7.12. The fourth-order valence-corrected chi connectivity index (χ4v) is 3.38. The molecule has 0 aromatic heterocycles. The highest BCUT2D eigenvalue weighted by Gasteiger charge is 2.43. The molecule has 0 aromatic carbocycles. The van der Waals surface area contributed by atoms with Gasteiger partial charge in [0.05, 0.1) is 16.6 Å². The summed E-state index contributed by atoms with van der Waals surface area (Å²) in [6.07, 6.45) is 0. The molecule has 0 heterocycles. The van der Waals surface area contributed by atoms with Gasteiger partial charge in [-0.05, 0) is 62.3 Å². The molecule has 0 spiro atoms. The van der Waals surface area contributed by atoms with Crippen LogP contribution in [-0.4, -0.2) is 16.6 Å². The summed E-state index contributed by atoms with van der Waals surface area (Å²) in [4.78, 5) is 1.65. The molecule has 0 aromatic rings. The molecular formula is C12H28BrN. The van der Waals surface area contributed by atoms with Crippen LogP contribution in [-0.2, 0) is 0 Å². The molecule has 2 heteroatoms. The predicted molar refractivity (Wildman–Crippen MR) is 60.2 cm³/mol. The van der Waals surface area contributed by atoms with Gasteiger partial charge in [0.2, 0.25) is 0 Å². The topological polar surface area (TPSA) is 4.44 Å². The molecule has 0 saturated heterocycles. The van der Waals surface area contributed by atoms with Gasteiger partial charge in [-0.2, -0.15) is 0 Å². The number of nitrogens with one attached hydrogen (secondary N) is 1. The molecule has 0 fully saturated rings. The summed E-state index contributed by atoms with van der Waals surface area (Å²) in [5, 5.41) is 0. The average molecular weight is 266 g/mol. The molecule has 0 atom stereocenters. The first-order valence-electron chi connectivity index (χ1n) is 5.25. The molecule has 0 bridgehead atoms. The van der Waals surface area contributed by atoms with Crippen LogP contribution in [0.4, 0.5) is 0 Å². The first kappa shape index (κ1) is 16.9. The SMILES string of the molecule is CC(C)(C)[NH+](C(C)(C)C)C(C)(C)C.[Br-]. The largest absolute Gasteiger partial charge is 1.00 e. The Morgan fingerprint density at radius 2 is 0.643 bits per heavy atom. The number of rotatable bonds is 0. The van der Waals surface area contributed by atoms with Crippen molar-refractivity contribution >= 4 is 0 Å². The van der Waals surface area contributed by atoms with E-state index in [1.807, 2.05) is 0 Å². The lowest BCUT2D eigenvalue weighted by Crippen LogP contribution is -3.30. The van der Waals surface area contributed by atoms with E-state index in [4.69, 9.17) is 0 Å². The van der Waals surface area contributed by atoms with E-state index in [0.717, 1.165) is 0 Å². The van der Waals surface area contributed by atoms with Gasteiger partial charge in [-0.25, -0.2) is 0 Å². The average Bonchev–Trinajstić information content (AvgIpc) is 1.44. The summed E-state index contributed by atoms with van der Waals surface area (Å²) >= 11 is 0. The van der Waals surface area contributed by atoms with Gasteiger partial charge in [0.1, 0.15) is 0 Å². The van der Waals surface area contributed by atoms with Crippen molar-refractivity contribution in [1.29, 1.82) is 0 Å². The van der Waals surface area contributed by atoms with E-state index in [1.54, 1.807) is 4.90 Å². The molecular weight excluding hydrogens is 238 g/mol. The molecule has 1 nitrogen and oxygen atoms in total. The van der Waals surface area contributed by atoms with Gasteiger partial charge in [0.25, 0.3) is 0 Å². The molecule has 1 N–H and O–H groups in total.